The Labute approximate surface area is 104 Å². The number of hydrogen-bond donors (Lipinski definition) is 2. The van der Waals surface area contributed by atoms with E-state index in [0.717, 1.165) is 13.0 Å². The van der Waals surface area contributed by atoms with Crippen molar-refractivity contribution in [2.45, 2.75) is 50.7 Å². The van der Waals surface area contributed by atoms with Gasteiger partial charge in [-0.25, -0.2) is 8.42 Å². The van der Waals surface area contributed by atoms with Gasteiger partial charge in [-0.05, 0) is 32.7 Å². The fraction of sp³-hybridized carbons (Fsp3) is 0.833. The Morgan fingerprint density at radius 1 is 1.47 bits per heavy atom. The van der Waals surface area contributed by atoms with E-state index in [1.807, 2.05) is 0 Å². The van der Waals surface area contributed by atoms with Crippen LogP contribution in [0.2, 0.25) is 0 Å². The van der Waals surface area contributed by atoms with Crippen LogP contribution in [0.25, 0.3) is 0 Å². The summed E-state index contributed by atoms with van der Waals surface area (Å²) in [5, 5.41) is 8.22. The first-order valence-corrected chi connectivity index (χ1v) is 8.17. The van der Waals surface area contributed by atoms with Crippen LogP contribution in [0.5, 0.6) is 0 Å². The molecule has 0 aromatic heterocycles. The smallest absolute Gasteiger partial charge is 0.173 e. The Kier molecular flexibility index (Phi) is 4.22. The molecule has 5 heteroatoms. The van der Waals surface area contributed by atoms with Gasteiger partial charge in [0.1, 0.15) is 0 Å². The molecule has 2 aliphatic rings. The Balaban J connectivity index is 1.74. The van der Waals surface area contributed by atoms with E-state index < -0.39 is 9.84 Å². The second-order valence-electron chi connectivity index (χ2n) is 5.21. The molecule has 3 atom stereocenters. The van der Waals surface area contributed by atoms with E-state index in [4.69, 9.17) is 0 Å². The first-order valence-electron chi connectivity index (χ1n) is 6.45. The van der Waals surface area contributed by atoms with Gasteiger partial charge in [0.15, 0.2) is 9.84 Å². The first kappa shape index (κ1) is 13.1. The molecule has 4 nitrogen and oxygen atoms in total. The van der Waals surface area contributed by atoms with E-state index in [1.54, 1.807) is 6.08 Å². The minimum Gasteiger partial charge on any atom is -0.314 e. The maximum Gasteiger partial charge on any atom is 0.173 e. The van der Waals surface area contributed by atoms with Gasteiger partial charge in [-0.15, -0.1) is 0 Å². The molecule has 0 aliphatic carbocycles. The molecule has 2 N–H and O–H groups in total. The van der Waals surface area contributed by atoms with Crippen LogP contribution in [0.15, 0.2) is 11.5 Å². The topological polar surface area (TPSA) is 58.2 Å². The standard InChI is InChI=1S/C12H22N2O2S/c1-10(8-11-4-2-3-6-13-11)14-12-5-7-17(15,16)9-12/h5,7,10-14H,2-4,6,8-9H2,1H3. The molecule has 2 heterocycles. The average Bonchev–Trinajstić information content (AvgIpc) is 2.59. The summed E-state index contributed by atoms with van der Waals surface area (Å²) < 4.78 is 22.5. The summed E-state index contributed by atoms with van der Waals surface area (Å²) in [6.45, 7) is 3.25. The lowest BCUT2D eigenvalue weighted by Crippen LogP contribution is -2.43. The Morgan fingerprint density at radius 2 is 2.29 bits per heavy atom. The van der Waals surface area contributed by atoms with E-state index >= 15 is 0 Å². The summed E-state index contributed by atoms with van der Waals surface area (Å²) in [4.78, 5) is 0. The normalized spacial score (nSPS) is 33.7. The Morgan fingerprint density at radius 3 is 2.88 bits per heavy atom. The molecule has 1 fully saturated rings. The van der Waals surface area contributed by atoms with Gasteiger partial charge in [-0.1, -0.05) is 12.5 Å². The lowest BCUT2D eigenvalue weighted by atomic mass is 9.98. The second kappa shape index (κ2) is 5.50. The molecule has 0 amide bonds. The second-order valence-corrected chi connectivity index (χ2v) is 7.15. The number of piperidine rings is 1. The van der Waals surface area contributed by atoms with Gasteiger partial charge in [-0.3, -0.25) is 0 Å². The fourth-order valence-corrected chi connectivity index (χ4v) is 3.91. The zero-order valence-electron chi connectivity index (χ0n) is 10.4. The van der Waals surface area contributed by atoms with Crippen molar-refractivity contribution in [3.63, 3.8) is 0 Å². The molecule has 0 saturated carbocycles. The van der Waals surface area contributed by atoms with Crippen molar-refractivity contribution >= 4 is 9.84 Å². The molecular formula is C12H22N2O2S. The maximum absolute atomic E-state index is 11.3. The summed E-state index contributed by atoms with van der Waals surface area (Å²) in [5.41, 5.74) is 0. The molecule has 98 valence electrons. The molecule has 0 spiro atoms. The monoisotopic (exact) mass is 258 g/mol. The van der Waals surface area contributed by atoms with Crippen LogP contribution < -0.4 is 10.6 Å². The summed E-state index contributed by atoms with van der Waals surface area (Å²) in [7, 11) is -2.93. The summed E-state index contributed by atoms with van der Waals surface area (Å²) in [5.74, 6) is 0.218. The minimum absolute atomic E-state index is 0.00131. The van der Waals surface area contributed by atoms with Crippen molar-refractivity contribution in [2.75, 3.05) is 12.3 Å². The highest BCUT2D eigenvalue weighted by molar-refractivity contribution is 7.94. The number of hydrogen-bond acceptors (Lipinski definition) is 4. The van der Waals surface area contributed by atoms with Crippen molar-refractivity contribution in [3.05, 3.63) is 11.5 Å². The third-order valence-electron chi connectivity index (χ3n) is 3.48. The number of rotatable bonds is 4. The van der Waals surface area contributed by atoms with Crippen LogP contribution in [-0.2, 0) is 9.84 Å². The summed E-state index contributed by atoms with van der Waals surface area (Å²) in [6.07, 6.45) is 6.67. The van der Waals surface area contributed by atoms with Crippen molar-refractivity contribution in [3.8, 4) is 0 Å². The van der Waals surface area contributed by atoms with Crippen LogP contribution in [0.3, 0.4) is 0 Å². The fourth-order valence-electron chi connectivity index (χ4n) is 2.67. The van der Waals surface area contributed by atoms with Crippen LogP contribution in [0.4, 0.5) is 0 Å². The third-order valence-corrected chi connectivity index (χ3v) is 4.87. The van der Waals surface area contributed by atoms with Gasteiger partial charge in [0.25, 0.3) is 0 Å². The van der Waals surface area contributed by atoms with Gasteiger partial charge in [0, 0.05) is 23.5 Å². The van der Waals surface area contributed by atoms with E-state index in [-0.39, 0.29) is 11.8 Å². The van der Waals surface area contributed by atoms with Crippen LogP contribution >= 0.6 is 0 Å². The van der Waals surface area contributed by atoms with Crippen LogP contribution in [0, 0.1) is 0 Å². The highest BCUT2D eigenvalue weighted by atomic mass is 32.2. The lowest BCUT2D eigenvalue weighted by Gasteiger charge is -2.27. The van der Waals surface area contributed by atoms with Crippen molar-refractivity contribution in [2.24, 2.45) is 0 Å². The molecule has 1 saturated heterocycles. The number of sulfone groups is 1. The number of nitrogens with one attached hydrogen (secondary N) is 2. The predicted molar refractivity (Wildman–Crippen MR) is 69.6 cm³/mol. The van der Waals surface area contributed by atoms with Gasteiger partial charge < -0.3 is 10.6 Å². The van der Waals surface area contributed by atoms with Gasteiger partial charge in [0.05, 0.1) is 5.75 Å². The van der Waals surface area contributed by atoms with Crippen LogP contribution in [0.1, 0.15) is 32.6 Å². The van der Waals surface area contributed by atoms with Crippen molar-refractivity contribution in [1.29, 1.82) is 0 Å². The van der Waals surface area contributed by atoms with E-state index in [1.165, 1.54) is 24.7 Å². The highest BCUT2D eigenvalue weighted by Gasteiger charge is 2.24. The lowest BCUT2D eigenvalue weighted by molar-refractivity contribution is 0.341. The molecule has 0 aromatic carbocycles. The van der Waals surface area contributed by atoms with Gasteiger partial charge >= 0.3 is 0 Å². The largest absolute Gasteiger partial charge is 0.314 e. The minimum atomic E-state index is -2.93. The average molecular weight is 258 g/mol. The molecular weight excluding hydrogens is 236 g/mol. The van der Waals surface area contributed by atoms with E-state index in [0.29, 0.717) is 12.1 Å². The predicted octanol–water partition coefficient (Wildman–Crippen LogP) is 0.807. The molecule has 0 radical (unpaired) electrons. The maximum atomic E-state index is 11.3. The SMILES string of the molecule is CC(CC1CCCCN1)NC1C=CS(=O)(=O)C1. The molecule has 17 heavy (non-hydrogen) atoms. The zero-order valence-corrected chi connectivity index (χ0v) is 11.2. The Hall–Kier alpha value is -0.390. The van der Waals surface area contributed by atoms with Crippen LogP contribution in [-0.4, -0.2) is 38.8 Å². The first-order chi connectivity index (χ1) is 8.05. The molecule has 2 aliphatic heterocycles. The summed E-state index contributed by atoms with van der Waals surface area (Å²) in [6, 6.07) is 0.945. The van der Waals surface area contributed by atoms with Gasteiger partial charge in [-0.2, -0.15) is 0 Å². The summed E-state index contributed by atoms with van der Waals surface area (Å²) >= 11 is 0. The van der Waals surface area contributed by atoms with Crippen molar-refractivity contribution in [1.82, 2.24) is 10.6 Å². The molecule has 0 aromatic rings. The third kappa shape index (κ3) is 4.08. The van der Waals surface area contributed by atoms with Crippen molar-refractivity contribution < 1.29 is 8.42 Å². The Bertz CT molecular complexity index is 372. The molecule has 3 unspecified atom stereocenters. The molecule has 2 rings (SSSR count). The van der Waals surface area contributed by atoms with E-state index in [9.17, 15) is 8.42 Å². The zero-order chi connectivity index (χ0) is 12.3. The van der Waals surface area contributed by atoms with E-state index in [2.05, 4.69) is 17.6 Å². The quantitative estimate of drug-likeness (QED) is 0.783. The molecule has 0 bridgehead atoms. The highest BCUT2D eigenvalue weighted by Crippen LogP contribution is 2.14. The van der Waals surface area contributed by atoms with Gasteiger partial charge in [0.2, 0.25) is 0 Å².